The Bertz CT molecular complexity index is 500. The average Bonchev–Trinajstić information content (AvgIpc) is 3.19. The number of anilines is 1. The first-order valence-electron chi connectivity index (χ1n) is 7.09. The van der Waals surface area contributed by atoms with Crippen LogP contribution in [0.2, 0.25) is 5.02 Å². The molecule has 0 aromatic heterocycles. The van der Waals surface area contributed by atoms with E-state index in [2.05, 4.69) is 15.9 Å². The van der Waals surface area contributed by atoms with E-state index in [1.165, 1.54) is 5.69 Å². The molecule has 1 aromatic rings. The van der Waals surface area contributed by atoms with E-state index in [9.17, 15) is 4.79 Å². The maximum absolute atomic E-state index is 10.8. The third-order valence-electron chi connectivity index (χ3n) is 4.28. The monoisotopic (exact) mass is 294 g/mol. The molecule has 108 valence electrons. The van der Waals surface area contributed by atoms with Gasteiger partial charge in [0.15, 0.2) is 0 Å². The highest BCUT2D eigenvalue weighted by Gasteiger charge is 2.43. The molecular weight excluding hydrogens is 276 g/mol. The van der Waals surface area contributed by atoms with Crippen molar-refractivity contribution in [3.63, 3.8) is 0 Å². The van der Waals surface area contributed by atoms with Crippen LogP contribution in [0.4, 0.5) is 5.69 Å². The molecule has 0 radical (unpaired) electrons. The van der Waals surface area contributed by atoms with Gasteiger partial charge in [0.05, 0.1) is 5.92 Å². The van der Waals surface area contributed by atoms with E-state index in [4.69, 9.17) is 16.7 Å². The fraction of sp³-hybridized carbons (Fsp3) is 0.533. The van der Waals surface area contributed by atoms with Gasteiger partial charge in [0.25, 0.3) is 0 Å². The van der Waals surface area contributed by atoms with Crippen molar-refractivity contribution in [2.45, 2.75) is 6.42 Å². The Morgan fingerprint density at radius 2 is 2.05 bits per heavy atom. The third kappa shape index (κ3) is 3.07. The van der Waals surface area contributed by atoms with Gasteiger partial charge < -0.3 is 10.0 Å². The molecule has 2 atom stereocenters. The van der Waals surface area contributed by atoms with Crippen LogP contribution < -0.4 is 4.90 Å². The normalized spacial score (nSPS) is 26.6. The summed E-state index contributed by atoms with van der Waals surface area (Å²) in [4.78, 5) is 15.6. The van der Waals surface area contributed by atoms with Gasteiger partial charge in [0, 0.05) is 43.4 Å². The Morgan fingerprint density at radius 1 is 1.30 bits per heavy atom. The summed E-state index contributed by atoms with van der Waals surface area (Å²) in [6.07, 6.45) is 0.851. The average molecular weight is 295 g/mol. The molecule has 1 saturated carbocycles. The molecular formula is C15H19ClN2O2. The van der Waals surface area contributed by atoms with Gasteiger partial charge in [-0.3, -0.25) is 9.69 Å². The number of hydrogen-bond donors (Lipinski definition) is 1. The summed E-state index contributed by atoms with van der Waals surface area (Å²) in [5.74, 6) is -0.362. The van der Waals surface area contributed by atoms with Crippen molar-refractivity contribution in [1.29, 1.82) is 0 Å². The number of piperazine rings is 1. The van der Waals surface area contributed by atoms with E-state index in [0.717, 1.165) is 44.2 Å². The molecule has 0 unspecified atom stereocenters. The summed E-state index contributed by atoms with van der Waals surface area (Å²) in [6.45, 7) is 4.88. The van der Waals surface area contributed by atoms with Crippen LogP contribution in [0.5, 0.6) is 0 Å². The lowest BCUT2D eigenvalue weighted by Crippen LogP contribution is -2.47. The highest BCUT2D eigenvalue weighted by molar-refractivity contribution is 6.30. The first-order valence-corrected chi connectivity index (χ1v) is 7.47. The summed E-state index contributed by atoms with van der Waals surface area (Å²) >= 11 is 6.02. The quantitative estimate of drug-likeness (QED) is 0.924. The molecule has 1 aliphatic carbocycles. The van der Waals surface area contributed by atoms with Crippen molar-refractivity contribution in [2.24, 2.45) is 11.8 Å². The van der Waals surface area contributed by atoms with Gasteiger partial charge in [0.1, 0.15) is 0 Å². The minimum Gasteiger partial charge on any atom is -0.481 e. The Hall–Kier alpha value is -1.26. The Kier molecular flexibility index (Phi) is 3.85. The second kappa shape index (κ2) is 5.62. The van der Waals surface area contributed by atoms with Gasteiger partial charge in [-0.2, -0.15) is 0 Å². The summed E-state index contributed by atoms with van der Waals surface area (Å²) in [6, 6.07) is 7.95. The van der Waals surface area contributed by atoms with Crippen LogP contribution in [0.15, 0.2) is 24.3 Å². The van der Waals surface area contributed by atoms with E-state index in [1.54, 1.807) is 0 Å². The lowest BCUT2D eigenvalue weighted by molar-refractivity contribution is -0.138. The summed E-state index contributed by atoms with van der Waals surface area (Å²) in [5, 5.41) is 9.70. The maximum atomic E-state index is 10.8. The molecule has 1 aromatic carbocycles. The fourth-order valence-electron chi connectivity index (χ4n) is 2.94. The molecule has 1 aliphatic heterocycles. The van der Waals surface area contributed by atoms with Gasteiger partial charge in [-0.15, -0.1) is 0 Å². The number of aliphatic carboxylic acids is 1. The van der Waals surface area contributed by atoms with Crippen LogP contribution >= 0.6 is 11.6 Å². The molecule has 3 rings (SSSR count). The predicted octanol–water partition coefficient (Wildman–Crippen LogP) is 2.18. The summed E-state index contributed by atoms with van der Waals surface area (Å²) in [5.41, 5.74) is 1.17. The summed E-state index contributed by atoms with van der Waals surface area (Å²) < 4.78 is 0. The van der Waals surface area contributed by atoms with Crippen LogP contribution in [0.3, 0.4) is 0 Å². The first-order chi connectivity index (χ1) is 9.63. The zero-order valence-electron chi connectivity index (χ0n) is 11.3. The van der Waals surface area contributed by atoms with Gasteiger partial charge in [-0.25, -0.2) is 0 Å². The van der Waals surface area contributed by atoms with Crippen molar-refractivity contribution in [3.8, 4) is 0 Å². The maximum Gasteiger partial charge on any atom is 0.306 e. The molecule has 1 saturated heterocycles. The topological polar surface area (TPSA) is 43.8 Å². The predicted molar refractivity (Wildman–Crippen MR) is 79.3 cm³/mol. The van der Waals surface area contributed by atoms with Crippen molar-refractivity contribution in [3.05, 3.63) is 29.3 Å². The third-order valence-corrected chi connectivity index (χ3v) is 4.51. The molecule has 1 heterocycles. The van der Waals surface area contributed by atoms with Gasteiger partial charge in [-0.05, 0) is 30.5 Å². The van der Waals surface area contributed by atoms with E-state index < -0.39 is 5.97 Å². The Balaban J connectivity index is 1.49. The molecule has 2 fully saturated rings. The standard InChI is InChI=1S/C15H19ClN2O2/c16-12-2-1-3-13(9-12)18-6-4-17(5-7-18)10-11-8-14(11)15(19)20/h1-3,9,11,14H,4-8,10H2,(H,19,20)/t11-,14+/m0/s1. The zero-order valence-corrected chi connectivity index (χ0v) is 12.1. The second-order valence-electron chi connectivity index (χ2n) is 5.71. The minimum atomic E-state index is -0.632. The lowest BCUT2D eigenvalue weighted by atomic mass is 10.2. The Labute approximate surface area is 123 Å². The molecule has 0 bridgehead atoms. The van der Waals surface area contributed by atoms with Gasteiger partial charge in [0.2, 0.25) is 0 Å². The number of nitrogens with zero attached hydrogens (tertiary/aromatic N) is 2. The van der Waals surface area contributed by atoms with Crippen molar-refractivity contribution < 1.29 is 9.90 Å². The van der Waals surface area contributed by atoms with Crippen molar-refractivity contribution in [2.75, 3.05) is 37.6 Å². The Morgan fingerprint density at radius 3 is 2.65 bits per heavy atom. The van der Waals surface area contributed by atoms with Crippen LogP contribution in [-0.4, -0.2) is 48.7 Å². The number of hydrogen-bond acceptors (Lipinski definition) is 3. The molecule has 0 amide bonds. The van der Waals surface area contributed by atoms with E-state index in [0.29, 0.717) is 5.92 Å². The number of carboxylic acid groups (broad SMARTS) is 1. The number of carbonyl (C=O) groups is 1. The van der Waals surface area contributed by atoms with Crippen molar-refractivity contribution >= 4 is 23.3 Å². The zero-order chi connectivity index (χ0) is 14.1. The second-order valence-corrected chi connectivity index (χ2v) is 6.14. The van der Waals surface area contributed by atoms with Crippen LogP contribution in [0, 0.1) is 11.8 Å². The van der Waals surface area contributed by atoms with Crippen LogP contribution in [0.1, 0.15) is 6.42 Å². The molecule has 20 heavy (non-hydrogen) atoms. The van der Waals surface area contributed by atoms with Gasteiger partial charge >= 0.3 is 5.97 Å². The lowest BCUT2D eigenvalue weighted by Gasteiger charge is -2.36. The van der Waals surface area contributed by atoms with Crippen LogP contribution in [0.25, 0.3) is 0 Å². The highest BCUT2D eigenvalue weighted by atomic mass is 35.5. The fourth-order valence-corrected chi connectivity index (χ4v) is 3.13. The number of rotatable bonds is 4. The van der Waals surface area contributed by atoms with Crippen molar-refractivity contribution in [1.82, 2.24) is 4.90 Å². The minimum absolute atomic E-state index is 0.0963. The smallest absolute Gasteiger partial charge is 0.306 e. The molecule has 0 spiro atoms. The molecule has 1 N–H and O–H groups in total. The van der Waals surface area contributed by atoms with E-state index >= 15 is 0 Å². The number of carboxylic acids is 1. The summed E-state index contributed by atoms with van der Waals surface area (Å²) in [7, 11) is 0. The van der Waals surface area contributed by atoms with Gasteiger partial charge in [-0.1, -0.05) is 17.7 Å². The molecule has 2 aliphatic rings. The number of benzene rings is 1. The highest BCUT2D eigenvalue weighted by Crippen LogP contribution is 2.39. The SMILES string of the molecule is O=C(O)[C@@H]1C[C@H]1CN1CCN(c2cccc(Cl)c2)CC1. The number of halogens is 1. The van der Waals surface area contributed by atoms with E-state index in [1.807, 2.05) is 18.2 Å². The molecule has 5 heteroatoms. The molecule has 4 nitrogen and oxygen atoms in total. The largest absolute Gasteiger partial charge is 0.481 e. The van der Waals surface area contributed by atoms with E-state index in [-0.39, 0.29) is 5.92 Å². The van der Waals surface area contributed by atoms with Crippen LogP contribution in [-0.2, 0) is 4.79 Å². The first kappa shape index (κ1) is 13.7.